The molecule has 1 N–H and O–H groups in total. The lowest BCUT2D eigenvalue weighted by atomic mass is 10.2. The fourth-order valence-corrected chi connectivity index (χ4v) is 2.43. The van der Waals surface area contributed by atoms with E-state index in [9.17, 15) is 4.79 Å². The summed E-state index contributed by atoms with van der Waals surface area (Å²) in [5.74, 6) is 1.43. The molecule has 0 spiro atoms. The van der Waals surface area contributed by atoms with Gasteiger partial charge in [-0.15, -0.1) is 0 Å². The number of benzene rings is 1. The molecule has 7 nitrogen and oxygen atoms in total. The highest BCUT2D eigenvalue weighted by atomic mass is 16.6. The first-order valence-electron chi connectivity index (χ1n) is 7.45. The number of carbonyl (C=O) groups is 1. The van der Waals surface area contributed by atoms with Crippen molar-refractivity contribution < 1.29 is 14.3 Å². The molecule has 1 amide bonds. The number of fused-ring (bicyclic) bond motifs is 1. The first-order chi connectivity index (χ1) is 11.8. The maximum atomic E-state index is 12.5. The zero-order valence-corrected chi connectivity index (χ0v) is 12.6. The topological polar surface area (TPSA) is 78.3 Å². The molecule has 0 saturated heterocycles. The van der Waals surface area contributed by atoms with Crippen LogP contribution in [0, 0.1) is 0 Å². The average molecular weight is 322 g/mol. The summed E-state index contributed by atoms with van der Waals surface area (Å²) in [6.07, 6.45) is 4.32. The van der Waals surface area contributed by atoms with Crippen molar-refractivity contribution in [1.82, 2.24) is 14.8 Å². The molecule has 1 aliphatic heterocycles. The number of amides is 1. The van der Waals surface area contributed by atoms with Crippen LogP contribution in [0.4, 0.5) is 5.69 Å². The summed E-state index contributed by atoms with van der Waals surface area (Å²) in [5.41, 5.74) is 0.550. The minimum atomic E-state index is -0.731. The van der Waals surface area contributed by atoms with Gasteiger partial charge in [-0.25, -0.2) is 9.67 Å². The van der Waals surface area contributed by atoms with E-state index in [1.165, 1.54) is 0 Å². The molecule has 1 aliphatic rings. The van der Waals surface area contributed by atoms with Gasteiger partial charge in [-0.3, -0.25) is 4.79 Å². The van der Waals surface area contributed by atoms with Gasteiger partial charge in [0.1, 0.15) is 6.61 Å². The van der Waals surface area contributed by atoms with Crippen molar-refractivity contribution in [3.63, 3.8) is 0 Å². The predicted octanol–water partition coefficient (Wildman–Crippen LogP) is 2.05. The largest absolute Gasteiger partial charge is 0.485 e. The highest BCUT2D eigenvalue weighted by Gasteiger charge is 2.28. The number of hydrogen-bond donors (Lipinski definition) is 1. The number of para-hydroxylation sites is 2. The molecule has 2 aromatic heterocycles. The Balaban J connectivity index is 1.54. The third kappa shape index (κ3) is 2.67. The summed E-state index contributed by atoms with van der Waals surface area (Å²) in [4.78, 5) is 16.8. The smallest absolute Gasteiger partial charge is 0.269 e. The van der Waals surface area contributed by atoms with Gasteiger partial charge in [0.05, 0.1) is 5.69 Å². The molecule has 3 heterocycles. The van der Waals surface area contributed by atoms with Crippen LogP contribution in [-0.4, -0.2) is 33.4 Å². The van der Waals surface area contributed by atoms with Crippen molar-refractivity contribution in [1.29, 1.82) is 0 Å². The molecular weight excluding hydrogens is 308 g/mol. The van der Waals surface area contributed by atoms with Gasteiger partial charge in [0, 0.05) is 18.6 Å². The second kappa shape index (κ2) is 6.04. The van der Waals surface area contributed by atoms with Crippen molar-refractivity contribution in [3.8, 4) is 17.3 Å². The van der Waals surface area contributed by atoms with E-state index in [1.807, 2.05) is 12.1 Å². The van der Waals surface area contributed by atoms with Crippen LogP contribution in [-0.2, 0) is 4.79 Å². The van der Waals surface area contributed by atoms with Gasteiger partial charge < -0.3 is 14.8 Å². The lowest BCUT2D eigenvalue weighted by Crippen LogP contribution is -2.40. The second-order valence-corrected chi connectivity index (χ2v) is 5.18. The van der Waals surface area contributed by atoms with Crippen LogP contribution < -0.4 is 14.8 Å². The second-order valence-electron chi connectivity index (χ2n) is 5.18. The van der Waals surface area contributed by atoms with Gasteiger partial charge in [0.2, 0.25) is 6.10 Å². The van der Waals surface area contributed by atoms with E-state index in [-0.39, 0.29) is 12.5 Å². The number of carbonyl (C=O) groups excluding carboxylic acids is 1. The Morgan fingerprint density at radius 3 is 2.83 bits per heavy atom. The first-order valence-corrected chi connectivity index (χ1v) is 7.45. The zero-order chi connectivity index (χ0) is 16.4. The molecular formula is C17H14N4O3. The molecule has 0 radical (unpaired) electrons. The highest BCUT2D eigenvalue weighted by Crippen LogP contribution is 2.31. The molecule has 0 unspecified atom stereocenters. The van der Waals surface area contributed by atoms with Crippen LogP contribution in [0.3, 0.4) is 0 Å². The Morgan fingerprint density at radius 1 is 1.12 bits per heavy atom. The number of pyridine rings is 1. The summed E-state index contributed by atoms with van der Waals surface area (Å²) in [5, 5.41) is 6.98. The fraction of sp³-hybridized carbons (Fsp3) is 0.118. The van der Waals surface area contributed by atoms with Crippen LogP contribution >= 0.6 is 0 Å². The molecule has 3 aromatic rings. The predicted molar refractivity (Wildman–Crippen MR) is 86.3 cm³/mol. The number of nitrogens with one attached hydrogen (secondary N) is 1. The van der Waals surface area contributed by atoms with E-state index in [4.69, 9.17) is 9.47 Å². The number of nitrogens with zero attached hydrogens (tertiary/aromatic N) is 3. The Labute approximate surface area is 137 Å². The third-order valence-electron chi connectivity index (χ3n) is 3.57. The number of rotatable bonds is 3. The van der Waals surface area contributed by atoms with Crippen LogP contribution in [0.15, 0.2) is 61.1 Å². The maximum absolute atomic E-state index is 12.5. The highest BCUT2D eigenvalue weighted by molar-refractivity contribution is 5.96. The quantitative estimate of drug-likeness (QED) is 0.798. The van der Waals surface area contributed by atoms with E-state index >= 15 is 0 Å². The Hall–Kier alpha value is -3.35. The Morgan fingerprint density at radius 2 is 2.00 bits per heavy atom. The molecule has 4 rings (SSSR count). The number of anilines is 1. The first kappa shape index (κ1) is 14.3. The third-order valence-corrected chi connectivity index (χ3v) is 3.57. The molecule has 1 aromatic carbocycles. The molecule has 0 aliphatic carbocycles. The standard InChI is InChI=1S/C17H14N4O3/c22-17(15-11-23-13-6-1-2-7-14(13)24-15)20-12-5-3-8-18-16(12)21-10-4-9-19-21/h1-10,15H,11H2,(H,20,22)/t15-/m1/s1. The molecule has 0 fully saturated rings. The lowest BCUT2D eigenvalue weighted by Gasteiger charge is -2.25. The van der Waals surface area contributed by atoms with Crippen LogP contribution in [0.5, 0.6) is 11.5 Å². The van der Waals surface area contributed by atoms with Gasteiger partial charge in [-0.1, -0.05) is 12.1 Å². The Bertz CT molecular complexity index is 864. The normalized spacial score (nSPS) is 15.8. The van der Waals surface area contributed by atoms with Gasteiger partial charge in [-0.05, 0) is 30.3 Å². The van der Waals surface area contributed by atoms with Crippen molar-refractivity contribution in [3.05, 3.63) is 61.1 Å². The van der Waals surface area contributed by atoms with Gasteiger partial charge in [0.15, 0.2) is 17.3 Å². The van der Waals surface area contributed by atoms with Crippen molar-refractivity contribution in [2.24, 2.45) is 0 Å². The van der Waals surface area contributed by atoms with Crippen molar-refractivity contribution in [2.75, 3.05) is 11.9 Å². The van der Waals surface area contributed by atoms with E-state index in [0.29, 0.717) is 23.0 Å². The van der Waals surface area contributed by atoms with Gasteiger partial charge in [-0.2, -0.15) is 5.10 Å². The summed E-state index contributed by atoms with van der Waals surface area (Å²) in [6, 6.07) is 12.6. The van der Waals surface area contributed by atoms with E-state index in [0.717, 1.165) is 0 Å². The Kier molecular flexibility index (Phi) is 3.59. The number of aromatic nitrogens is 3. The molecule has 0 bridgehead atoms. The monoisotopic (exact) mass is 322 g/mol. The summed E-state index contributed by atoms with van der Waals surface area (Å²) in [7, 11) is 0. The molecule has 120 valence electrons. The average Bonchev–Trinajstić information content (AvgIpc) is 3.16. The van der Waals surface area contributed by atoms with E-state index in [1.54, 1.807) is 53.6 Å². The summed E-state index contributed by atoms with van der Waals surface area (Å²) >= 11 is 0. The van der Waals surface area contributed by atoms with Crippen molar-refractivity contribution >= 4 is 11.6 Å². The molecule has 24 heavy (non-hydrogen) atoms. The maximum Gasteiger partial charge on any atom is 0.269 e. The van der Waals surface area contributed by atoms with Gasteiger partial charge in [0.25, 0.3) is 5.91 Å². The fourth-order valence-electron chi connectivity index (χ4n) is 2.43. The van der Waals surface area contributed by atoms with Gasteiger partial charge >= 0.3 is 0 Å². The van der Waals surface area contributed by atoms with E-state index < -0.39 is 6.10 Å². The molecule has 0 saturated carbocycles. The lowest BCUT2D eigenvalue weighted by molar-refractivity contribution is -0.125. The van der Waals surface area contributed by atoms with Crippen molar-refractivity contribution in [2.45, 2.75) is 6.10 Å². The van der Waals surface area contributed by atoms with Crippen LogP contribution in [0.25, 0.3) is 5.82 Å². The molecule has 1 atom stereocenters. The van der Waals surface area contributed by atoms with Crippen LogP contribution in [0.2, 0.25) is 0 Å². The minimum Gasteiger partial charge on any atom is -0.485 e. The number of hydrogen-bond acceptors (Lipinski definition) is 5. The number of ether oxygens (including phenoxy) is 2. The molecule has 7 heteroatoms. The summed E-state index contributed by atoms with van der Waals surface area (Å²) in [6.45, 7) is 0.153. The van der Waals surface area contributed by atoms with E-state index in [2.05, 4.69) is 15.4 Å². The minimum absolute atomic E-state index is 0.153. The zero-order valence-electron chi connectivity index (χ0n) is 12.6. The SMILES string of the molecule is O=C(Nc1cccnc1-n1cccn1)[C@H]1COc2ccccc2O1. The summed E-state index contributed by atoms with van der Waals surface area (Å²) < 4.78 is 12.9. The van der Waals surface area contributed by atoms with Crippen LogP contribution in [0.1, 0.15) is 0 Å².